The van der Waals surface area contributed by atoms with Gasteiger partial charge in [0, 0.05) is 16.3 Å². The van der Waals surface area contributed by atoms with Crippen LogP contribution in [0, 0.1) is 6.92 Å². The zero-order valence-electron chi connectivity index (χ0n) is 13.5. The average molecular weight is 390 g/mol. The predicted octanol–water partition coefficient (Wildman–Crippen LogP) is 5.04. The van der Waals surface area contributed by atoms with Crippen LogP contribution in [-0.4, -0.2) is 21.9 Å². The van der Waals surface area contributed by atoms with Crippen LogP contribution >= 0.6 is 34.7 Å². The Hall–Kier alpha value is -1.89. The summed E-state index contributed by atoms with van der Waals surface area (Å²) in [5.41, 5.74) is 3.37. The van der Waals surface area contributed by atoms with E-state index in [0.717, 1.165) is 16.3 Å². The Morgan fingerprint density at radius 3 is 2.56 bits per heavy atom. The summed E-state index contributed by atoms with van der Waals surface area (Å²) < 4.78 is 0. The van der Waals surface area contributed by atoms with Gasteiger partial charge in [0.25, 0.3) is 0 Å². The highest BCUT2D eigenvalue weighted by Crippen LogP contribution is 2.27. The average Bonchev–Trinajstić information content (AvgIpc) is 3.06. The molecular formula is C18H16ClN3OS2. The highest BCUT2D eigenvalue weighted by atomic mass is 35.5. The smallest absolute Gasteiger partial charge is 0.236 e. The lowest BCUT2D eigenvalue weighted by molar-refractivity contribution is -0.113. The molecule has 1 heterocycles. The first kappa shape index (κ1) is 17.9. The largest absolute Gasteiger partial charge is 0.300 e. The maximum Gasteiger partial charge on any atom is 0.236 e. The van der Waals surface area contributed by atoms with Crippen molar-refractivity contribution in [2.45, 2.75) is 12.7 Å². The SMILES string of the molecule is Cc1ccc(CSCC(=O)Nc2nnc(-c3ccc(Cl)cc3)s2)cc1. The monoisotopic (exact) mass is 389 g/mol. The number of carbonyl (C=O) groups excluding carboxylic acids is 1. The Morgan fingerprint density at radius 2 is 1.84 bits per heavy atom. The van der Waals surface area contributed by atoms with Gasteiger partial charge >= 0.3 is 0 Å². The summed E-state index contributed by atoms with van der Waals surface area (Å²) in [6, 6.07) is 15.7. The van der Waals surface area contributed by atoms with Crippen molar-refractivity contribution in [1.82, 2.24) is 10.2 Å². The van der Waals surface area contributed by atoms with E-state index >= 15 is 0 Å². The Bertz CT molecular complexity index is 848. The van der Waals surface area contributed by atoms with Gasteiger partial charge < -0.3 is 0 Å². The van der Waals surface area contributed by atoms with Gasteiger partial charge in [-0.25, -0.2) is 0 Å². The standard InChI is InChI=1S/C18H16ClN3OS2/c1-12-2-4-13(5-3-12)10-24-11-16(23)20-18-22-21-17(25-18)14-6-8-15(19)9-7-14/h2-9H,10-11H2,1H3,(H,20,22,23). The molecule has 0 aliphatic heterocycles. The zero-order valence-corrected chi connectivity index (χ0v) is 15.9. The molecule has 0 unspecified atom stereocenters. The molecule has 0 saturated carbocycles. The number of hydrogen-bond donors (Lipinski definition) is 1. The second kappa shape index (κ2) is 8.47. The van der Waals surface area contributed by atoms with Gasteiger partial charge in [-0.3, -0.25) is 10.1 Å². The minimum Gasteiger partial charge on any atom is -0.300 e. The molecule has 25 heavy (non-hydrogen) atoms. The highest BCUT2D eigenvalue weighted by molar-refractivity contribution is 7.99. The molecule has 1 amide bonds. The third-order valence-electron chi connectivity index (χ3n) is 3.39. The second-order valence-corrected chi connectivity index (χ2v) is 7.85. The summed E-state index contributed by atoms with van der Waals surface area (Å²) in [5.74, 6) is 1.11. The molecule has 0 atom stereocenters. The van der Waals surface area contributed by atoms with Crippen LogP contribution in [0.15, 0.2) is 48.5 Å². The number of anilines is 1. The van der Waals surface area contributed by atoms with E-state index in [-0.39, 0.29) is 5.91 Å². The van der Waals surface area contributed by atoms with E-state index < -0.39 is 0 Å². The molecular weight excluding hydrogens is 374 g/mol. The van der Waals surface area contributed by atoms with E-state index in [0.29, 0.717) is 15.9 Å². The summed E-state index contributed by atoms with van der Waals surface area (Å²) in [5, 5.41) is 12.9. The van der Waals surface area contributed by atoms with Crippen molar-refractivity contribution in [2.75, 3.05) is 11.1 Å². The van der Waals surface area contributed by atoms with Gasteiger partial charge in [-0.05, 0) is 24.6 Å². The van der Waals surface area contributed by atoms with Crippen molar-refractivity contribution < 1.29 is 4.79 Å². The van der Waals surface area contributed by atoms with Crippen molar-refractivity contribution in [1.29, 1.82) is 0 Å². The first-order valence-electron chi connectivity index (χ1n) is 7.63. The molecule has 0 fully saturated rings. The normalized spacial score (nSPS) is 10.6. The topological polar surface area (TPSA) is 54.9 Å². The maximum absolute atomic E-state index is 12.0. The second-order valence-electron chi connectivity index (χ2n) is 5.45. The number of nitrogens with one attached hydrogen (secondary N) is 1. The Balaban J connectivity index is 1.49. The quantitative estimate of drug-likeness (QED) is 0.641. The molecule has 1 aromatic heterocycles. The lowest BCUT2D eigenvalue weighted by Gasteiger charge is -2.02. The van der Waals surface area contributed by atoms with Gasteiger partial charge in [0.05, 0.1) is 5.75 Å². The number of hydrogen-bond acceptors (Lipinski definition) is 5. The third-order valence-corrected chi connectivity index (χ3v) is 5.53. The highest BCUT2D eigenvalue weighted by Gasteiger charge is 2.10. The maximum atomic E-state index is 12.0. The number of benzene rings is 2. The molecule has 128 valence electrons. The van der Waals surface area contributed by atoms with Crippen LogP contribution in [0.1, 0.15) is 11.1 Å². The van der Waals surface area contributed by atoms with Crippen molar-refractivity contribution in [3.63, 3.8) is 0 Å². The zero-order chi connectivity index (χ0) is 17.6. The van der Waals surface area contributed by atoms with Gasteiger partial charge in [-0.2, -0.15) is 0 Å². The van der Waals surface area contributed by atoms with Crippen LogP contribution in [0.5, 0.6) is 0 Å². The first-order valence-corrected chi connectivity index (χ1v) is 9.97. The van der Waals surface area contributed by atoms with Crippen LogP contribution in [0.3, 0.4) is 0 Å². The third kappa shape index (κ3) is 5.29. The van der Waals surface area contributed by atoms with E-state index in [9.17, 15) is 4.79 Å². The van der Waals surface area contributed by atoms with Crippen LogP contribution in [0.25, 0.3) is 10.6 Å². The lowest BCUT2D eigenvalue weighted by atomic mass is 10.2. The molecule has 4 nitrogen and oxygen atoms in total. The van der Waals surface area contributed by atoms with E-state index in [4.69, 9.17) is 11.6 Å². The molecule has 3 rings (SSSR count). The number of thioether (sulfide) groups is 1. The van der Waals surface area contributed by atoms with Crippen LogP contribution in [0.4, 0.5) is 5.13 Å². The van der Waals surface area contributed by atoms with Gasteiger partial charge in [0.1, 0.15) is 5.01 Å². The molecule has 0 spiro atoms. The molecule has 0 saturated heterocycles. The molecule has 1 N–H and O–H groups in total. The van der Waals surface area contributed by atoms with Crippen molar-refractivity contribution >= 4 is 45.7 Å². The Morgan fingerprint density at radius 1 is 1.12 bits per heavy atom. The number of rotatable bonds is 6. The number of aromatic nitrogens is 2. The fourth-order valence-corrected chi connectivity index (χ4v) is 3.76. The van der Waals surface area contributed by atoms with E-state index in [2.05, 4.69) is 46.7 Å². The van der Waals surface area contributed by atoms with Crippen molar-refractivity contribution in [2.24, 2.45) is 0 Å². The summed E-state index contributed by atoms with van der Waals surface area (Å²) in [7, 11) is 0. The summed E-state index contributed by atoms with van der Waals surface area (Å²) in [6.45, 7) is 2.06. The molecule has 3 aromatic rings. The molecule has 7 heteroatoms. The number of carbonyl (C=O) groups is 1. The number of amides is 1. The predicted molar refractivity (Wildman–Crippen MR) is 106 cm³/mol. The number of nitrogens with zero attached hydrogens (tertiary/aromatic N) is 2. The molecule has 0 radical (unpaired) electrons. The van der Waals surface area contributed by atoms with E-state index in [1.54, 1.807) is 23.9 Å². The molecule has 2 aromatic carbocycles. The van der Waals surface area contributed by atoms with Gasteiger partial charge in [0.2, 0.25) is 11.0 Å². The molecule has 0 aliphatic rings. The van der Waals surface area contributed by atoms with Crippen LogP contribution in [0.2, 0.25) is 5.02 Å². The van der Waals surface area contributed by atoms with Crippen molar-refractivity contribution in [3.8, 4) is 10.6 Å². The number of halogens is 1. The lowest BCUT2D eigenvalue weighted by Crippen LogP contribution is -2.13. The minimum atomic E-state index is -0.0732. The first-order chi connectivity index (χ1) is 12.1. The summed E-state index contributed by atoms with van der Waals surface area (Å²) in [4.78, 5) is 12.0. The Kier molecular flexibility index (Phi) is 6.07. The minimum absolute atomic E-state index is 0.0732. The molecule has 0 aliphatic carbocycles. The van der Waals surface area contributed by atoms with Gasteiger partial charge in [0.15, 0.2) is 0 Å². The van der Waals surface area contributed by atoms with Gasteiger partial charge in [-0.1, -0.05) is 64.9 Å². The number of aryl methyl sites for hydroxylation is 1. The van der Waals surface area contributed by atoms with E-state index in [1.807, 2.05) is 12.1 Å². The van der Waals surface area contributed by atoms with Crippen LogP contribution in [-0.2, 0) is 10.5 Å². The van der Waals surface area contributed by atoms with Crippen molar-refractivity contribution in [3.05, 3.63) is 64.7 Å². The van der Waals surface area contributed by atoms with Gasteiger partial charge in [-0.15, -0.1) is 22.0 Å². The fourth-order valence-electron chi connectivity index (χ4n) is 2.08. The summed E-state index contributed by atoms with van der Waals surface area (Å²) >= 11 is 8.80. The fraction of sp³-hybridized carbons (Fsp3) is 0.167. The molecule has 0 bridgehead atoms. The summed E-state index contributed by atoms with van der Waals surface area (Å²) in [6.07, 6.45) is 0. The van der Waals surface area contributed by atoms with E-state index in [1.165, 1.54) is 22.5 Å². The Labute approximate surface area is 159 Å². The van der Waals surface area contributed by atoms with Crippen LogP contribution < -0.4 is 5.32 Å².